The number of hydrogen-bond acceptors (Lipinski definition) is 0. The van der Waals surface area contributed by atoms with Gasteiger partial charge in [-0.05, 0) is 17.8 Å². The van der Waals surface area contributed by atoms with Crippen molar-refractivity contribution in [2.75, 3.05) is 0 Å². The van der Waals surface area contributed by atoms with Crippen molar-refractivity contribution < 1.29 is 0 Å². The highest BCUT2D eigenvalue weighted by Gasteiger charge is 2.38. The Morgan fingerprint density at radius 2 is 1.47 bits per heavy atom. The summed E-state index contributed by atoms with van der Waals surface area (Å²) in [6.07, 6.45) is 16.1. The van der Waals surface area contributed by atoms with Gasteiger partial charge in [0.1, 0.15) is 7.85 Å². The fraction of sp³-hybridized carbons (Fsp3) is 1.00. The predicted octanol–water partition coefficient (Wildman–Crippen LogP) is 5.62. The van der Waals surface area contributed by atoms with Crippen molar-refractivity contribution in [1.82, 2.24) is 0 Å². The summed E-state index contributed by atoms with van der Waals surface area (Å²) in [7, 11) is 2.53. The van der Waals surface area contributed by atoms with Crippen molar-refractivity contribution in [1.29, 1.82) is 0 Å². The minimum Gasteiger partial charge on any atom is -0.0664 e. The van der Waals surface area contributed by atoms with E-state index < -0.39 is 0 Å². The van der Waals surface area contributed by atoms with Crippen molar-refractivity contribution in [3.05, 3.63) is 0 Å². The molecular weight excluding hydrogens is 227 g/mol. The van der Waals surface area contributed by atoms with Crippen molar-refractivity contribution >= 4 is 7.85 Å². The molecule has 1 fully saturated rings. The maximum absolute atomic E-state index is 2.53. The first-order valence-corrected chi connectivity index (χ1v) is 9.24. The van der Waals surface area contributed by atoms with E-state index in [4.69, 9.17) is 0 Å². The Morgan fingerprint density at radius 3 is 2.11 bits per heavy atom. The second-order valence-electron chi connectivity index (χ2n) is 7.05. The zero-order valence-corrected chi connectivity index (χ0v) is 14.1. The molecule has 0 aromatic heterocycles. The fourth-order valence-electron chi connectivity index (χ4n) is 4.60. The lowest BCUT2D eigenvalue weighted by Crippen LogP contribution is -2.15. The average molecular weight is 264 g/mol. The van der Waals surface area contributed by atoms with E-state index in [2.05, 4.69) is 28.6 Å². The molecule has 4 atom stereocenters. The lowest BCUT2D eigenvalue weighted by molar-refractivity contribution is 0.270. The first-order valence-electron chi connectivity index (χ1n) is 9.24. The molecule has 0 amide bonds. The number of rotatable bonds is 10. The lowest BCUT2D eigenvalue weighted by atomic mass is 9.73. The van der Waals surface area contributed by atoms with E-state index in [9.17, 15) is 0 Å². The highest BCUT2D eigenvalue weighted by Crippen LogP contribution is 2.49. The van der Waals surface area contributed by atoms with Crippen molar-refractivity contribution in [3.63, 3.8) is 0 Å². The lowest BCUT2D eigenvalue weighted by Gasteiger charge is -2.25. The van der Waals surface area contributed by atoms with E-state index in [-0.39, 0.29) is 0 Å². The van der Waals surface area contributed by atoms with E-state index in [1.54, 1.807) is 0 Å². The Balaban J connectivity index is 2.26. The Morgan fingerprint density at radius 1 is 0.789 bits per heavy atom. The molecule has 0 aromatic rings. The van der Waals surface area contributed by atoms with Crippen molar-refractivity contribution in [3.8, 4) is 0 Å². The smallest absolute Gasteiger partial charge is 0.0664 e. The monoisotopic (exact) mass is 264 g/mol. The van der Waals surface area contributed by atoms with Crippen LogP contribution in [0.1, 0.15) is 91.4 Å². The first-order chi connectivity index (χ1) is 9.24. The number of hydrogen-bond donors (Lipinski definition) is 0. The molecule has 0 aliphatic heterocycles. The van der Waals surface area contributed by atoms with Crippen LogP contribution < -0.4 is 0 Å². The quantitative estimate of drug-likeness (QED) is 0.355. The average Bonchev–Trinajstić information content (AvgIpc) is 2.70. The largest absolute Gasteiger partial charge is 0.105 e. The Kier molecular flexibility index (Phi) is 8.91. The van der Waals surface area contributed by atoms with E-state index in [0.717, 1.165) is 23.6 Å². The van der Waals surface area contributed by atoms with Gasteiger partial charge in [-0.2, -0.15) is 0 Å². The molecule has 1 heteroatoms. The third-order valence-electron chi connectivity index (χ3n) is 5.58. The van der Waals surface area contributed by atoms with Gasteiger partial charge < -0.3 is 0 Å². The molecule has 4 unspecified atom stereocenters. The van der Waals surface area contributed by atoms with Gasteiger partial charge in [0.2, 0.25) is 0 Å². The summed E-state index contributed by atoms with van der Waals surface area (Å²) in [6.45, 7) is 7.10. The number of unbranched alkanes of at least 4 members (excludes halogenated alkanes) is 5. The van der Waals surface area contributed by atoms with Gasteiger partial charge in [0.15, 0.2) is 0 Å². The van der Waals surface area contributed by atoms with Gasteiger partial charge in [0, 0.05) is 0 Å². The molecule has 0 bridgehead atoms. The van der Waals surface area contributed by atoms with E-state index in [1.807, 2.05) is 0 Å². The molecule has 19 heavy (non-hydrogen) atoms. The molecule has 0 aromatic carbocycles. The van der Waals surface area contributed by atoms with Crippen LogP contribution in [0.2, 0.25) is 5.82 Å². The summed E-state index contributed by atoms with van der Waals surface area (Å²) < 4.78 is 0. The molecular formula is C18H37B. The SMILES string of the molecule is BC1CC(CCC)C(CC)C1CCCCCCCC. The Hall–Kier alpha value is 0.0649. The van der Waals surface area contributed by atoms with Gasteiger partial charge in [0.25, 0.3) is 0 Å². The fourth-order valence-corrected chi connectivity index (χ4v) is 4.60. The second kappa shape index (κ2) is 9.89. The minimum absolute atomic E-state index is 0.997. The van der Waals surface area contributed by atoms with Crippen LogP contribution >= 0.6 is 0 Å². The van der Waals surface area contributed by atoms with Gasteiger partial charge in [0.05, 0.1) is 0 Å². The molecule has 0 heterocycles. The molecule has 112 valence electrons. The van der Waals surface area contributed by atoms with Gasteiger partial charge in [-0.25, -0.2) is 0 Å². The van der Waals surface area contributed by atoms with Gasteiger partial charge in [-0.1, -0.05) is 97.2 Å². The maximum atomic E-state index is 2.53. The molecule has 0 N–H and O–H groups in total. The highest BCUT2D eigenvalue weighted by atomic mass is 14.4. The summed E-state index contributed by atoms with van der Waals surface area (Å²) in [4.78, 5) is 0. The Labute approximate surface area is 123 Å². The predicted molar refractivity (Wildman–Crippen MR) is 90.6 cm³/mol. The van der Waals surface area contributed by atoms with Gasteiger partial charge in [-0.3, -0.25) is 0 Å². The third-order valence-corrected chi connectivity index (χ3v) is 5.58. The standard InChI is InChI=1S/C18H37B/c1-4-7-8-9-10-11-13-17-16(6-3)15(12-5-2)14-18(17)19/h15-18H,4-14,19H2,1-3H3. The normalized spacial score (nSPS) is 30.9. The van der Waals surface area contributed by atoms with Crippen molar-refractivity contribution in [2.45, 2.75) is 97.2 Å². The van der Waals surface area contributed by atoms with Gasteiger partial charge >= 0.3 is 0 Å². The first kappa shape index (κ1) is 17.1. The van der Waals surface area contributed by atoms with Crippen LogP contribution in [-0.2, 0) is 0 Å². The van der Waals surface area contributed by atoms with Crippen LogP contribution in [0.15, 0.2) is 0 Å². The highest BCUT2D eigenvalue weighted by molar-refractivity contribution is 6.12. The summed E-state index contributed by atoms with van der Waals surface area (Å²) in [5.41, 5.74) is 0. The Bertz CT molecular complexity index is 214. The second-order valence-corrected chi connectivity index (χ2v) is 7.05. The maximum Gasteiger partial charge on any atom is 0.105 e. The summed E-state index contributed by atoms with van der Waals surface area (Å²) in [6, 6.07) is 0. The summed E-state index contributed by atoms with van der Waals surface area (Å²) >= 11 is 0. The van der Waals surface area contributed by atoms with E-state index in [0.29, 0.717) is 0 Å². The summed E-state index contributed by atoms with van der Waals surface area (Å²) in [5, 5.41) is 0. The molecule has 0 spiro atoms. The van der Waals surface area contributed by atoms with Crippen LogP contribution in [0.5, 0.6) is 0 Å². The van der Waals surface area contributed by atoms with Gasteiger partial charge in [-0.15, -0.1) is 0 Å². The molecule has 1 aliphatic rings. The molecule has 1 rings (SSSR count). The van der Waals surface area contributed by atoms with Crippen LogP contribution in [0, 0.1) is 17.8 Å². The minimum atomic E-state index is 0.997. The molecule has 0 nitrogen and oxygen atoms in total. The molecule has 1 saturated carbocycles. The van der Waals surface area contributed by atoms with Crippen molar-refractivity contribution in [2.24, 2.45) is 17.8 Å². The van der Waals surface area contributed by atoms with Crippen LogP contribution in [0.4, 0.5) is 0 Å². The molecule has 0 saturated heterocycles. The molecule has 1 aliphatic carbocycles. The van der Waals surface area contributed by atoms with E-state index >= 15 is 0 Å². The summed E-state index contributed by atoms with van der Waals surface area (Å²) in [5.74, 6) is 4.14. The third kappa shape index (κ3) is 5.52. The topological polar surface area (TPSA) is 0 Å². The van der Waals surface area contributed by atoms with Crippen LogP contribution in [-0.4, -0.2) is 7.85 Å². The van der Waals surface area contributed by atoms with Crippen LogP contribution in [0.3, 0.4) is 0 Å². The zero-order valence-electron chi connectivity index (χ0n) is 14.1. The zero-order chi connectivity index (χ0) is 14.1. The molecule has 0 radical (unpaired) electrons. The van der Waals surface area contributed by atoms with Crippen LogP contribution in [0.25, 0.3) is 0 Å². The van der Waals surface area contributed by atoms with E-state index in [1.165, 1.54) is 70.6 Å².